The molecule has 0 saturated carbocycles. The summed E-state index contributed by atoms with van der Waals surface area (Å²) < 4.78 is 4.86. The Morgan fingerprint density at radius 2 is 1.77 bits per heavy atom. The molecule has 6 heteroatoms. The maximum absolute atomic E-state index is 11.1. The minimum absolute atomic E-state index is 0.203. The van der Waals surface area contributed by atoms with Crippen LogP contribution in [-0.4, -0.2) is 22.7 Å². The van der Waals surface area contributed by atoms with Crippen molar-refractivity contribution < 1.29 is 9.53 Å². The highest BCUT2D eigenvalue weighted by molar-refractivity contribution is 5.70. The first kappa shape index (κ1) is 13.6. The lowest BCUT2D eigenvalue weighted by atomic mass is 10.1. The van der Waals surface area contributed by atoms with E-state index in [2.05, 4.69) is 27.1 Å². The van der Waals surface area contributed by atoms with Gasteiger partial charge in [-0.3, -0.25) is 9.97 Å². The summed E-state index contributed by atoms with van der Waals surface area (Å²) >= 11 is 0. The van der Waals surface area contributed by atoms with Gasteiger partial charge in [0, 0.05) is 35.9 Å². The second-order valence-electron chi connectivity index (χ2n) is 4.63. The number of hydrogen-bond acceptors (Lipinski definition) is 5. The minimum atomic E-state index is -0.430. The van der Waals surface area contributed by atoms with E-state index in [1.165, 1.54) is 6.20 Å². The van der Waals surface area contributed by atoms with Gasteiger partial charge in [0.25, 0.3) is 0 Å². The number of amides is 1. The van der Waals surface area contributed by atoms with Crippen molar-refractivity contribution in [2.75, 3.05) is 6.61 Å². The fourth-order valence-electron chi connectivity index (χ4n) is 1.99. The molecule has 0 spiro atoms. The Labute approximate surface area is 126 Å². The highest BCUT2D eigenvalue weighted by atomic mass is 16.6. The Morgan fingerprint density at radius 3 is 2.45 bits per heavy atom. The van der Waals surface area contributed by atoms with Crippen molar-refractivity contribution in [3.8, 4) is 17.9 Å². The Kier molecular flexibility index (Phi) is 3.67. The van der Waals surface area contributed by atoms with E-state index < -0.39 is 6.09 Å². The van der Waals surface area contributed by atoms with Crippen LogP contribution in [0.15, 0.2) is 36.9 Å². The van der Waals surface area contributed by atoms with Gasteiger partial charge in [-0.2, -0.15) is 5.26 Å². The topological polar surface area (TPSA) is 87.9 Å². The first-order chi connectivity index (χ1) is 10.7. The largest absolute Gasteiger partial charge is 0.447 e. The number of aromatic nitrogens is 2. The third-order valence-corrected chi connectivity index (χ3v) is 3.05. The highest BCUT2D eigenvalue weighted by Crippen LogP contribution is 2.17. The monoisotopic (exact) mass is 290 g/mol. The number of hydrogen-bond donors (Lipinski definition) is 1. The van der Waals surface area contributed by atoms with Crippen LogP contribution >= 0.6 is 0 Å². The minimum Gasteiger partial charge on any atom is -0.447 e. The van der Waals surface area contributed by atoms with Crippen LogP contribution in [0.4, 0.5) is 4.79 Å². The lowest BCUT2D eigenvalue weighted by Gasteiger charge is -2.06. The molecule has 106 valence electrons. The van der Waals surface area contributed by atoms with Crippen molar-refractivity contribution in [1.29, 1.82) is 5.26 Å². The average molecular weight is 290 g/mol. The van der Waals surface area contributed by atoms with Gasteiger partial charge in [-0.15, -0.1) is 0 Å². The second-order valence-corrected chi connectivity index (χ2v) is 4.63. The molecule has 3 heterocycles. The SMILES string of the molecule is N#Cc1cncc(C#Cc2cncc([C@@H]3COC(=O)N3)c2)c1. The van der Waals surface area contributed by atoms with Crippen LogP contribution in [0.1, 0.15) is 28.3 Å². The van der Waals surface area contributed by atoms with Gasteiger partial charge in [0.05, 0.1) is 11.6 Å². The van der Waals surface area contributed by atoms with Crippen LogP contribution in [-0.2, 0) is 4.74 Å². The van der Waals surface area contributed by atoms with Crippen molar-refractivity contribution in [2.45, 2.75) is 6.04 Å². The van der Waals surface area contributed by atoms with Gasteiger partial charge in [-0.05, 0) is 17.7 Å². The third kappa shape index (κ3) is 3.02. The van der Waals surface area contributed by atoms with Gasteiger partial charge < -0.3 is 10.1 Å². The number of carbonyl (C=O) groups is 1. The van der Waals surface area contributed by atoms with E-state index >= 15 is 0 Å². The fraction of sp³-hybridized carbons (Fsp3) is 0.125. The molecule has 0 aromatic carbocycles. The maximum atomic E-state index is 11.1. The maximum Gasteiger partial charge on any atom is 0.407 e. The Balaban J connectivity index is 1.83. The number of nitriles is 1. The second kappa shape index (κ2) is 5.94. The molecule has 0 radical (unpaired) electrons. The summed E-state index contributed by atoms with van der Waals surface area (Å²) in [5, 5.41) is 11.5. The summed E-state index contributed by atoms with van der Waals surface area (Å²) in [6.07, 6.45) is 5.95. The zero-order valence-electron chi connectivity index (χ0n) is 11.4. The van der Waals surface area contributed by atoms with Crippen LogP contribution in [0.5, 0.6) is 0 Å². The zero-order valence-corrected chi connectivity index (χ0v) is 11.4. The molecule has 1 fully saturated rings. The molecular formula is C16H10N4O2. The van der Waals surface area contributed by atoms with E-state index in [9.17, 15) is 4.79 Å². The summed E-state index contributed by atoms with van der Waals surface area (Å²) in [4.78, 5) is 19.1. The van der Waals surface area contributed by atoms with Gasteiger partial charge in [0.1, 0.15) is 12.7 Å². The molecular weight excluding hydrogens is 280 g/mol. The molecule has 1 N–H and O–H groups in total. The average Bonchev–Trinajstić information content (AvgIpc) is 3.00. The molecule has 22 heavy (non-hydrogen) atoms. The number of cyclic esters (lactones) is 1. The molecule has 2 aromatic heterocycles. The number of carbonyl (C=O) groups excluding carboxylic acids is 1. The van der Waals surface area contributed by atoms with E-state index in [-0.39, 0.29) is 12.6 Å². The van der Waals surface area contributed by atoms with Crippen LogP contribution in [0.3, 0.4) is 0 Å². The van der Waals surface area contributed by atoms with Crippen LogP contribution in [0.2, 0.25) is 0 Å². The van der Waals surface area contributed by atoms with Gasteiger partial charge in [0.2, 0.25) is 0 Å². The van der Waals surface area contributed by atoms with Crippen molar-refractivity contribution in [3.63, 3.8) is 0 Å². The molecule has 2 aromatic rings. The predicted molar refractivity (Wildman–Crippen MR) is 76.4 cm³/mol. The summed E-state index contributed by atoms with van der Waals surface area (Å²) in [5.41, 5.74) is 2.66. The Hall–Kier alpha value is -3.38. The molecule has 0 unspecified atom stereocenters. The molecule has 6 nitrogen and oxygen atoms in total. The van der Waals surface area contributed by atoms with Gasteiger partial charge in [-0.25, -0.2) is 4.79 Å². The number of pyridine rings is 2. The van der Waals surface area contributed by atoms with Gasteiger partial charge >= 0.3 is 6.09 Å². The molecule has 1 amide bonds. The van der Waals surface area contributed by atoms with E-state index in [0.717, 1.165) is 5.56 Å². The fourth-order valence-corrected chi connectivity index (χ4v) is 1.99. The number of ether oxygens (including phenoxy) is 1. The van der Waals surface area contributed by atoms with Crippen molar-refractivity contribution >= 4 is 6.09 Å². The standard InChI is InChI=1S/C16H10N4O2/c17-5-13-3-11(6-18-8-13)1-2-12-4-14(9-19-7-12)15-10-22-16(21)20-15/h3-4,6-9,15H,10H2,(H,20,21)/t15-/m0/s1. The van der Waals surface area contributed by atoms with Crippen molar-refractivity contribution in [1.82, 2.24) is 15.3 Å². The predicted octanol–water partition coefficient (Wildman–Crippen LogP) is 1.53. The molecule has 0 aliphatic carbocycles. The number of alkyl carbamates (subject to hydrolysis) is 1. The van der Waals surface area contributed by atoms with Gasteiger partial charge in [0.15, 0.2) is 0 Å². The Bertz CT molecular complexity index is 830. The normalized spacial score (nSPS) is 16.0. The molecule has 0 bridgehead atoms. The highest BCUT2D eigenvalue weighted by Gasteiger charge is 2.23. The molecule has 1 aliphatic heterocycles. The summed E-state index contributed by atoms with van der Waals surface area (Å²) in [5.74, 6) is 5.91. The van der Waals surface area contributed by atoms with E-state index in [1.807, 2.05) is 12.1 Å². The van der Waals surface area contributed by atoms with Crippen LogP contribution < -0.4 is 5.32 Å². The van der Waals surface area contributed by atoms with Crippen molar-refractivity contribution in [2.24, 2.45) is 0 Å². The van der Waals surface area contributed by atoms with E-state index in [4.69, 9.17) is 10.00 Å². The molecule has 1 saturated heterocycles. The van der Waals surface area contributed by atoms with Crippen molar-refractivity contribution in [3.05, 3.63) is 59.2 Å². The first-order valence-electron chi connectivity index (χ1n) is 6.50. The molecule has 1 aliphatic rings. The number of nitrogens with zero attached hydrogens (tertiary/aromatic N) is 3. The van der Waals surface area contributed by atoms with E-state index in [1.54, 1.807) is 24.7 Å². The smallest absolute Gasteiger partial charge is 0.407 e. The number of nitrogens with one attached hydrogen (secondary N) is 1. The number of rotatable bonds is 1. The third-order valence-electron chi connectivity index (χ3n) is 3.05. The summed E-state index contributed by atoms with van der Waals surface area (Å²) in [7, 11) is 0. The lowest BCUT2D eigenvalue weighted by Crippen LogP contribution is -2.18. The lowest BCUT2D eigenvalue weighted by molar-refractivity contribution is 0.177. The quantitative estimate of drug-likeness (QED) is 0.805. The van der Waals surface area contributed by atoms with E-state index in [0.29, 0.717) is 16.7 Å². The zero-order chi connectivity index (χ0) is 15.4. The van der Waals surface area contributed by atoms with Gasteiger partial charge in [-0.1, -0.05) is 11.8 Å². The first-order valence-corrected chi connectivity index (χ1v) is 6.50. The van der Waals surface area contributed by atoms with Crippen LogP contribution in [0, 0.1) is 23.2 Å². The Morgan fingerprint density at radius 1 is 1.09 bits per heavy atom. The summed E-state index contributed by atoms with van der Waals surface area (Å²) in [6, 6.07) is 5.33. The summed E-state index contributed by atoms with van der Waals surface area (Å²) in [6.45, 7) is 0.283. The van der Waals surface area contributed by atoms with Crippen LogP contribution in [0.25, 0.3) is 0 Å². The molecule has 1 atom stereocenters. The molecule has 3 rings (SSSR count).